The first-order chi connectivity index (χ1) is 35.7. The Morgan fingerprint density at radius 2 is 0.681 bits per heavy atom. The van der Waals surface area contributed by atoms with E-state index >= 15 is 0 Å². The molecule has 0 amide bonds. The van der Waals surface area contributed by atoms with Crippen LogP contribution in [0.15, 0.2) is 276 Å². The van der Waals surface area contributed by atoms with Crippen molar-refractivity contribution in [3.05, 3.63) is 267 Å². The van der Waals surface area contributed by atoms with Crippen LogP contribution in [0, 0.1) is 0 Å². The molecule has 0 saturated heterocycles. The molecule has 0 saturated carbocycles. The van der Waals surface area contributed by atoms with Gasteiger partial charge in [-0.1, -0.05) is 194 Å². The van der Waals surface area contributed by atoms with E-state index in [-0.39, 0.29) is 0 Å². The molecule has 72 heavy (non-hydrogen) atoms. The van der Waals surface area contributed by atoms with E-state index < -0.39 is 0 Å². The van der Waals surface area contributed by atoms with Crippen molar-refractivity contribution < 1.29 is 8.83 Å². The predicted molar refractivity (Wildman–Crippen MR) is 302 cm³/mol. The lowest BCUT2D eigenvalue weighted by atomic mass is 9.97. The fourth-order valence-electron chi connectivity index (χ4n) is 10.8. The molecule has 0 aliphatic rings. The van der Waals surface area contributed by atoms with Crippen molar-refractivity contribution in [2.75, 3.05) is 9.80 Å². The Hall–Kier alpha value is -9.64. The smallest absolute Gasteiger partial charge is 0.159 e. The number of furan rings is 2. The molecule has 14 aromatic rings. The summed E-state index contributed by atoms with van der Waals surface area (Å²) in [7, 11) is 0. The van der Waals surface area contributed by atoms with Crippen molar-refractivity contribution in [3.8, 4) is 33.4 Å². The van der Waals surface area contributed by atoms with Crippen molar-refractivity contribution in [2.45, 2.75) is 0 Å². The first-order valence-corrected chi connectivity index (χ1v) is 24.5. The lowest BCUT2D eigenvalue weighted by Crippen LogP contribution is -2.14. The summed E-state index contributed by atoms with van der Waals surface area (Å²) in [5.41, 5.74) is 16.1. The summed E-state index contributed by atoms with van der Waals surface area (Å²) in [5.74, 6) is 0. The van der Waals surface area contributed by atoms with E-state index in [0.717, 1.165) is 105 Å². The minimum Gasteiger partial charge on any atom is -0.454 e. The van der Waals surface area contributed by atoms with Crippen LogP contribution in [0.2, 0.25) is 0 Å². The van der Waals surface area contributed by atoms with Gasteiger partial charge in [0.2, 0.25) is 0 Å². The third kappa shape index (κ3) is 7.00. The summed E-state index contributed by atoms with van der Waals surface area (Å²) < 4.78 is 13.9. The molecule has 0 spiro atoms. The second-order valence-corrected chi connectivity index (χ2v) is 18.4. The van der Waals surface area contributed by atoms with Crippen molar-refractivity contribution in [1.82, 2.24) is 0 Å². The van der Waals surface area contributed by atoms with E-state index in [4.69, 9.17) is 8.83 Å². The van der Waals surface area contributed by atoms with Gasteiger partial charge in [-0.25, -0.2) is 0 Å². The summed E-state index contributed by atoms with van der Waals surface area (Å²) >= 11 is 0. The normalized spacial score (nSPS) is 11.6. The van der Waals surface area contributed by atoms with Crippen molar-refractivity contribution in [2.24, 2.45) is 0 Å². The fourth-order valence-corrected chi connectivity index (χ4v) is 10.8. The quantitative estimate of drug-likeness (QED) is 0.144. The predicted octanol–water partition coefficient (Wildman–Crippen LogP) is 19.7. The van der Waals surface area contributed by atoms with Crippen LogP contribution in [0.5, 0.6) is 0 Å². The van der Waals surface area contributed by atoms with Crippen LogP contribution in [-0.2, 0) is 0 Å². The average Bonchev–Trinajstić information content (AvgIpc) is 4.02. The summed E-state index contributed by atoms with van der Waals surface area (Å²) in [6, 6.07) is 95.4. The molecule has 0 radical (unpaired) electrons. The third-order valence-electron chi connectivity index (χ3n) is 14.2. The highest BCUT2D eigenvalue weighted by molar-refractivity contribution is 6.15. The Bertz CT molecular complexity index is 4340. The Kier molecular flexibility index (Phi) is 9.82. The Balaban J connectivity index is 0.991. The van der Waals surface area contributed by atoms with Crippen LogP contribution in [0.3, 0.4) is 0 Å². The maximum absolute atomic E-state index is 7.00. The molecular weight excluding hydrogens is 877 g/mol. The number of anilines is 6. The van der Waals surface area contributed by atoms with Crippen LogP contribution < -0.4 is 9.80 Å². The van der Waals surface area contributed by atoms with Gasteiger partial charge < -0.3 is 18.6 Å². The Morgan fingerprint density at radius 3 is 1.38 bits per heavy atom. The van der Waals surface area contributed by atoms with Crippen LogP contribution in [0.25, 0.3) is 98.8 Å². The Morgan fingerprint density at radius 1 is 0.236 bits per heavy atom. The lowest BCUT2D eigenvalue weighted by molar-refractivity contribution is 0.669. The SMILES string of the molecule is c1ccc(-c2ccc(N(c3ccccc3-c3ccccc3N(c3ccc4cc(-c5ccccc5)ccc4c3)c3cccc4c3oc3ccccc34)c3cccc4c3oc3cc5ccccc5cc34)cc2)cc1. The maximum Gasteiger partial charge on any atom is 0.159 e. The van der Waals surface area contributed by atoms with Crippen molar-refractivity contribution in [1.29, 1.82) is 0 Å². The number of nitrogens with zero attached hydrogens (tertiary/aromatic N) is 2. The molecule has 12 aromatic carbocycles. The average molecular weight is 921 g/mol. The second-order valence-electron chi connectivity index (χ2n) is 18.4. The summed E-state index contributed by atoms with van der Waals surface area (Å²) in [4.78, 5) is 4.75. The maximum atomic E-state index is 7.00. The zero-order valence-electron chi connectivity index (χ0n) is 39.1. The van der Waals surface area contributed by atoms with Crippen molar-refractivity contribution in [3.63, 3.8) is 0 Å². The largest absolute Gasteiger partial charge is 0.454 e. The highest BCUT2D eigenvalue weighted by Crippen LogP contribution is 2.50. The minimum absolute atomic E-state index is 0.822. The number of hydrogen-bond acceptors (Lipinski definition) is 4. The molecule has 0 aliphatic heterocycles. The Labute approximate surface area is 416 Å². The van der Waals surface area contributed by atoms with Gasteiger partial charge in [-0.2, -0.15) is 0 Å². The summed E-state index contributed by atoms with van der Waals surface area (Å²) in [6.45, 7) is 0. The zero-order valence-corrected chi connectivity index (χ0v) is 39.1. The highest BCUT2D eigenvalue weighted by atomic mass is 16.3. The van der Waals surface area contributed by atoms with Crippen LogP contribution >= 0.6 is 0 Å². The second kappa shape index (κ2) is 17.1. The van der Waals surface area contributed by atoms with Gasteiger partial charge in [0, 0.05) is 44.0 Å². The standard InChI is InChI=1S/C68H44N2O2/c1-3-17-45(18-4-1)47-35-38-53(39-36-47)69(63-30-16-27-59-60-43-48-21-7-8-22-49(48)44-66(60)72-68(59)63)61-28-12-9-23-55(61)56-24-10-13-29-62(56)70(64-31-15-26-58-57-25-11-14-32-65(57)71-67(58)64)54-40-37-51-41-50(33-34-52(51)42-54)46-19-5-2-6-20-46/h1-44H. The molecule has 4 heteroatoms. The van der Waals surface area contributed by atoms with Crippen LogP contribution in [-0.4, -0.2) is 0 Å². The molecule has 4 nitrogen and oxygen atoms in total. The van der Waals surface area contributed by atoms with E-state index in [1.165, 1.54) is 27.5 Å². The monoisotopic (exact) mass is 920 g/mol. The summed E-state index contributed by atoms with van der Waals surface area (Å²) in [6.07, 6.45) is 0. The fraction of sp³-hybridized carbons (Fsp3) is 0. The number of hydrogen-bond donors (Lipinski definition) is 0. The molecule has 0 fully saturated rings. The molecule has 0 atom stereocenters. The number of benzene rings is 12. The van der Waals surface area contributed by atoms with Gasteiger partial charge in [-0.05, 0) is 117 Å². The van der Waals surface area contributed by atoms with E-state index in [9.17, 15) is 0 Å². The zero-order chi connectivity index (χ0) is 47.5. The van der Waals surface area contributed by atoms with Crippen molar-refractivity contribution >= 4 is 99.5 Å². The molecule has 2 heterocycles. The van der Waals surface area contributed by atoms with Gasteiger partial charge in [0.25, 0.3) is 0 Å². The molecule has 338 valence electrons. The van der Waals surface area contributed by atoms with Gasteiger partial charge in [-0.15, -0.1) is 0 Å². The first-order valence-electron chi connectivity index (χ1n) is 24.5. The number of rotatable bonds is 9. The third-order valence-corrected chi connectivity index (χ3v) is 14.2. The molecule has 0 N–H and O–H groups in total. The van der Waals surface area contributed by atoms with Gasteiger partial charge in [-0.3, -0.25) is 0 Å². The minimum atomic E-state index is 0.822. The van der Waals surface area contributed by atoms with E-state index in [0.29, 0.717) is 0 Å². The molecule has 14 rings (SSSR count). The van der Waals surface area contributed by atoms with E-state index in [1.807, 2.05) is 6.07 Å². The highest BCUT2D eigenvalue weighted by Gasteiger charge is 2.26. The number of fused-ring (bicyclic) bond motifs is 8. The van der Waals surface area contributed by atoms with Gasteiger partial charge in [0.05, 0.1) is 22.7 Å². The first kappa shape index (κ1) is 41.3. The lowest BCUT2D eigenvalue weighted by Gasteiger charge is -2.31. The molecule has 2 aromatic heterocycles. The molecule has 0 bridgehead atoms. The van der Waals surface area contributed by atoms with E-state index in [1.54, 1.807) is 0 Å². The topological polar surface area (TPSA) is 32.8 Å². The molecular formula is C68H44N2O2. The van der Waals surface area contributed by atoms with Crippen LogP contribution in [0.1, 0.15) is 0 Å². The van der Waals surface area contributed by atoms with E-state index in [2.05, 4.69) is 271 Å². The summed E-state index contributed by atoms with van der Waals surface area (Å²) in [5, 5.41) is 8.94. The van der Waals surface area contributed by atoms with Gasteiger partial charge in [0.15, 0.2) is 11.2 Å². The number of para-hydroxylation sites is 5. The molecule has 0 aliphatic carbocycles. The molecule has 0 unspecified atom stereocenters. The van der Waals surface area contributed by atoms with Crippen LogP contribution in [0.4, 0.5) is 34.1 Å². The van der Waals surface area contributed by atoms with Gasteiger partial charge in [0.1, 0.15) is 11.2 Å². The van der Waals surface area contributed by atoms with Gasteiger partial charge >= 0.3 is 0 Å².